The molecule has 1 heterocycles. The lowest BCUT2D eigenvalue weighted by Crippen LogP contribution is -2.43. The van der Waals surface area contributed by atoms with E-state index in [0.29, 0.717) is 24.4 Å². The lowest BCUT2D eigenvalue weighted by atomic mass is 10.3. The van der Waals surface area contributed by atoms with Gasteiger partial charge >= 0.3 is 0 Å². The SMILES string of the molecule is CCCN(CC(=O)NCC(=O)Nc1ccc(OC)cc1)C(=O)c1ccco1. The number of hydrogen-bond acceptors (Lipinski definition) is 5. The number of nitrogens with zero attached hydrogens (tertiary/aromatic N) is 1. The molecular formula is C19H23N3O5. The quantitative estimate of drug-likeness (QED) is 0.699. The lowest BCUT2D eigenvalue weighted by molar-refractivity contribution is -0.124. The maximum atomic E-state index is 12.3. The van der Waals surface area contributed by atoms with Crippen LogP contribution in [-0.2, 0) is 9.59 Å². The molecule has 8 nitrogen and oxygen atoms in total. The van der Waals surface area contributed by atoms with Crippen molar-refractivity contribution >= 4 is 23.4 Å². The third-order valence-electron chi connectivity index (χ3n) is 3.67. The Balaban J connectivity index is 1.82. The molecule has 0 bridgehead atoms. The molecule has 0 saturated carbocycles. The van der Waals surface area contributed by atoms with Crippen LogP contribution in [0.15, 0.2) is 47.1 Å². The molecule has 0 saturated heterocycles. The highest BCUT2D eigenvalue weighted by atomic mass is 16.5. The van der Waals surface area contributed by atoms with Gasteiger partial charge in [-0.1, -0.05) is 6.92 Å². The summed E-state index contributed by atoms with van der Waals surface area (Å²) in [6.07, 6.45) is 2.10. The Labute approximate surface area is 157 Å². The van der Waals surface area contributed by atoms with Crippen molar-refractivity contribution in [1.29, 1.82) is 0 Å². The van der Waals surface area contributed by atoms with Crippen molar-refractivity contribution in [3.05, 3.63) is 48.4 Å². The number of carbonyl (C=O) groups excluding carboxylic acids is 3. The number of amides is 3. The molecule has 0 aliphatic carbocycles. The van der Waals surface area contributed by atoms with Crippen LogP contribution in [0.1, 0.15) is 23.9 Å². The van der Waals surface area contributed by atoms with Gasteiger partial charge in [0.05, 0.1) is 26.5 Å². The van der Waals surface area contributed by atoms with Gasteiger partial charge in [-0.15, -0.1) is 0 Å². The first-order chi connectivity index (χ1) is 13.0. The van der Waals surface area contributed by atoms with Crippen LogP contribution in [0.4, 0.5) is 5.69 Å². The zero-order valence-corrected chi connectivity index (χ0v) is 15.4. The minimum Gasteiger partial charge on any atom is -0.497 e. The number of ether oxygens (including phenoxy) is 1. The first kappa shape index (κ1) is 20.0. The Hall–Kier alpha value is -3.29. The number of furan rings is 1. The third kappa shape index (κ3) is 6.18. The van der Waals surface area contributed by atoms with Crippen LogP contribution in [0.25, 0.3) is 0 Å². The normalized spacial score (nSPS) is 10.1. The second-order valence-corrected chi connectivity index (χ2v) is 5.76. The number of nitrogens with one attached hydrogen (secondary N) is 2. The van der Waals surface area contributed by atoms with Gasteiger partial charge in [-0.25, -0.2) is 0 Å². The topological polar surface area (TPSA) is 101 Å². The Bertz CT molecular complexity index is 756. The zero-order chi connectivity index (χ0) is 19.6. The monoisotopic (exact) mass is 373 g/mol. The van der Waals surface area contributed by atoms with Gasteiger partial charge < -0.3 is 24.7 Å². The molecule has 3 amide bonds. The van der Waals surface area contributed by atoms with Crippen molar-refractivity contribution in [2.75, 3.05) is 32.1 Å². The average Bonchev–Trinajstić information content (AvgIpc) is 3.21. The van der Waals surface area contributed by atoms with Crippen LogP contribution in [0.5, 0.6) is 5.75 Å². The molecule has 0 radical (unpaired) electrons. The van der Waals surface area contributed by atoms with Crippen LogP contribution in [0.3, 0.4) is 0 Å². The van der Waals surface area contributed by atoms with Gasteiger partial charge in [-0.05, 0) is 42.8 Å². The summed E-state index contributed by atoms with van der Waals surface area (Å²) in [5.74, 6) is -0.298. The molecule has 0 aliphatic heterocycles. The second-order valence-electron chi connectivity index (χ2n) is 5.76. The first-order valence-electron chi connectivity index (χ1n) is 8.57. The van der Waals surface area contributed by atoms with E-state index in [1.165, 1.54) is 11.2 Å². The molecule has 0 fully saturated rings. The third-order valence-corrected chi connectivity index (χ3v) is 3.67. The van der Waals surface area contributed by atoms with E-state index in [1.807, 2.05) is 6.92 Å². The van der Waals surface area contributed by atoms with Gasteiger partial charge in [0.2, 0.25) is 11.8 Å². The molecule has 0 unspecified atom stereocenters. The van der Waals surface area contributed by atoms with Gasteiger partial charge in [0, 0.05) is 12.2 Å². The van der Waals surface area contributed by atoms with Crippen molar-refractivity contribution in [2.24, 2.45) is 0 Å². The molecule has 144 valence electrons. The van der Waals surface area contributed by atoms with E-state index in [1.54, 1.807) is 43.5 Å². The van der Waals surface area contributed by atoms with Crippen LogP contribution in [-0.4, -0.2) is 49.4 Å². The molecule has 8 heteroatoms. The summed E-state index contributed by atoms with van der Waals surface area (Å²) >= 11 is 0. The summed E-state index contributed by atoms with van der Waals surface area (Å²) < 4.78 is 10.1. The Morgan fingerprint density at radius 3 is 2.44 bits per heavy atom. The van der Waals surface area contributed by atoms with E-state index < -0.39 is 5.91 Å². The molecule has 1 aromatic carbocycles. The number of carbonyl (C=O) groups is 3. The van der Waals surface area contributed by atoms with Gasteiger partial charge in [-0.3, -0.25) is 14.4 Å². The number of anilines is 1. The predicted molar refractivity (Wildman–Crippen MR) is 99.5 cm³/mol. The van der Waals surface area contributed by atoms with Gasteiger partial charge in [-0.2, -0.15) is 0 Å². The highest BCUT2D eigenvalue weighted by Gasteiger charge is 2.20. The van der Waals surface area contributed by atoms with E-state index >= 15 is 0 Å². The maximum Gasteiger partial charge on any atom is 0.290 e. The first-order valence-corrected chi connectivity index (χ1v) is 8.57. The Morgan fingerprint density at radius 1 is 1.11 bits per heavy atom. The van der Waals surface area contributed by atoms with Crippen LogP contribution >= 0.6 is 0 Å². The Kier molecular flexibility index (Phi) is 7.42. The largest absolute Gasteiger partial charge is 0.497 e. The van der Waals surface area contributed by atoms with Gasteiger partial charge in [0.15, 0.2) is 5.76 Å². The number of benzene rings is 1. The van der Waals surface area contributed by atoms with Crippen LogP contribution in [0.2, 0.25) is 0 Å². The molecule has 2 rings (SSSR count). The molecule has 0 aliphatic rings. The van der Waals surface area contributed by atoms with Gasteiger partial charge in [0.1, 0.15) is 5.75 Å². The number of rotatable bonds is 9. The van der Waals surface area contributed by atoms with E-state index in [9.17, 15) is 14.4 Å². The fraction of sp³-hybridized carbons (Fsp3) is 0.316. The van der Waals surface area contributed by atoms with E-state index in [-0.39, 0.29) is 30.7 Å². The van der Waals surface area contributed by atoms with Gasteiger partial charge in [0.25, 0.3) is 5.91 Å². The Morgan fingerprint density at radius 2 is 1.85 bits per heavy atom. The fourth-order valence-corrected chi connectivity index (χ4v) is 2.37. The molecule has 2 N–H and O–H groups in total. The lowest BCUT2D eigenvalue weighted by Gasteiger charge is -2.20. The highest BCUT2D eigenvalue weighted by Crippen LogP contribution is 2.14. The van der Waals surface area contributed by atoms with E-state index in [4.69, 9.17) is 9.15 Å². The summed E-state index contributed by atoms with van der Waals surface area (Å²) in [6, 6.07) is 9.99. The summed E-state index contributed by atoms with van der Waals surface area (Å²) in [4.78, 5) is 37.8. The molecule has 0 atom stereocenters. The number of hydrogen-bond donors (Lipinski definition) is 2. The molecular weight excluding hydrogens is 350 g/mol. The predicted octanol–water partition coefficient (Wildman–Crippen LogP) is 1.90. The van der Waals surface area contributed by atoms with Crippen molar-refractivity contribution in [3.63, 3.8) is 0 Å². The average molecular weight is 373 g/mol. The van der Waals surface area contributed by atoms with Crippen LogP contribution in [0, 0.1) is 0 Å². The maximum absolute atomic E-state index is 12.3. The molecule has 1 aromatic heterocycles. The number of methoxy groups -OCH3 is 1. The minimum absolute atomic E-state index is 0.150. The van der Waals surface area contributed by atoms with Crippen molar-refractivity contribution in [3.8, 4) is 5.75 Å². The summed E-state index contributed by atoms with van der Waals surface area (Å²) in [5, 5.41) is 5.18. The second kappa shape index (κ2) is 10.0. The fourth-order valence-electron chi connectivity index (χ4n) is 2.37. The molecule has 2 aromatic rings. The standard InChI is InChI=1S/C19H23N3O5/c1-3-10-22(19(25)16-5-4-11-27-16)13-18(24)20-12-17(23)21-14-6-8-15(26-2)9-7-14/h4-9,11H,3,10,12-13H2,1-2H3,(H,20,24)(H,21,23). The smallest absolute Gasteiger partial charge is 0.290 e. The van der Waals surface area contributed by atoms with E-state index in [2.05, 4.69) is 10.6 Å². The minimum atomic E-state index is -0.423. The van der Waals surface area contributed by atoms with E-state index in [0.717, 1.165) is 0 Å². The highest BCUT2D eigenvalue weighted by molar-refractivity contribution is 5.96. The zero-order valence-electron chi connectivity index (χ0n) is 15.4. The summed E-state index contributed by atoms with van der Waals surface area (Å²) in [5.41, 5.74) is 0.593. The van der Waals surface area contributed by atoms with Crippen molar-refractivity contribution < 1.29 is 23.5 Å². The summed E-state index contributed by atoms with van der Waals surface area (Å²) in [7, 11) is 1.56. The van der Waals surface area contributed by atoms with Crippen molar-refractivity contribution in [1.82, 2.24) is 10.2 Å². The molecule has 27 heavy (non-hydrogen) atoms. The van der Waals surface area contributed by atoms with Crippen LogP contribution < -0.4 is 15.4 Å². The molecule has 0 spiro atoms. The summed E-state index contributed by atoms with van der Waals surface area (Å²) in [6.45, 7) is 1.97. The van der Waals surface area contributed by atoms with Crippen molar-refractivity contribution in [2.45, 2.75) is 13.3 Å².